The van der Waals surface area contributed by atoms with E-state index in [1.807, 2.05) is 0 Å². The van der Waals surface area contributed by atoms with Gasteiger partial charge in [-0.3, -0.25) is 4.90 Å². The average molecular weight is 533 g/mol. The number of hydrogen-bond donors (Lipinski definition) is 3. The Balaban J connectivity index is 0.00000450. The van der Waals surface area contributed by atoms with Crippen molar-refractivity contribution in [2.75, 3.05) is 39.4 Å². The molecule has 1 heterocycles. The van der Waals surface area contributed by atoms with E-state index in [0.29, 0.717) is 13.1 Å². The molecular weight excluding hydrogens is 491 g/mol. The molecule has 1 aliphatic heterocycles. The van der Waals surface area contributed by atoms with Gasteiger partial charge in [0.15, 0.2) is 5.96 Å². The lowest BCUT2D eigenvalue weighted by Gasteiger charge is -2.28. The van der Waals surface area contributed by atoms with Crippen LogP contribution in [-0.4, -0.2) is 61.0 Å². The van der Waals surface area contributed by atoms with Gasteiger partial charge >= 0.3 is 0 Å². The van der Waals surface area contributed by atoms with Crippen molar-refractivity contribution in [2.24, 2.45) is 4.99 Å². The van der Waals surface area contributed by atoms with Crippen molar-refractivity contribution in [1.82, 2.24) is 15.5 Å². The van der Waals surface area contributed by atoms with Crippen molar-refractivity contribution in [3.05, 3.63) is 35.4 Å². The highest BCUT2D eigenvalue weighted by atomic mass is 127. The summed E-state index contributed by atoms with van der Waals surface area (Å²) in [4.78, 5) is 7.14. The molecular formula is C23H41IN4O2. The highest BCUT2D eigenvalue weighted by Crippen LogP contribution is 2.18. The second-order valence-electron chi connectivity index (χ2n) is 7.98. The Morgan fingerprint density at radius 1 is 1.03 bits per heavy atom. The first-order valence-corrected chi connectivity index (χ1v) is 11.2. The third kappa shape index (κ3) is 9.94. The van der Waals surface area contributed by atoms with E-state index >= 15 is 0 Å². The van der Waals surface area contributed by atoms with Crippen LogP contribution in [-0.2, 0) is 17.8 Å². The Kier molecular flexibility index (Phi) is 13.6. The van der Waals surface area contributed by atoms with Gasteiger partial charge in [0, 0.05) is 32.7 Å². The zero-order valence-electron chi connectivity index (χ0n) is 19.0. The summed E-state index contributed by atoms with van der Waals surface area (Å²) in [7, 11) is 0. The first-order valence-electron chi connectivity index (χ1n) is 11.2. The summed E-state index contributed by atoms with van der Waals surface area (Å²) in [6, 6.07) is 8.71. The van der Waals surface area contributed by atoms with Crippen LogP contribution in [0.4, 0.5) is 0 Å². The number of guanidine groups is 1. The highest BCUT2D eigenvalue weighted by molar-refractivity contribution is 14.0. The molecule has 1 aromatic rings. The molecule has 0 spiro atoms. The summed E-state index contributed by atoms with van der Waals surface area (Å²) in [5, 5.41) is 17.4. The van der Waals surface area contributed by atoms with Gasteiger partial charge in [-0.25, -0.2) is 4.99 Å². The minimum atomic E-state index is -0.666. The molecule has 0 unspecified atom stereocenters. The number of aliphatic imine (C=N–C) groups is 1. The van der Waals surface area contributed by atoms with Crippen LogP contribution in [0.3, 0.4) is 0 Å². The first-order chi connectivity index (χ1) is 14.1. The highest BCUT2D eigenvalue weighted by Gasteiger charge is 2.24. The molecule has 0 atom stereocenters. The summed E-state index contributed by atoms with van der Waals surface area (Å²) < 4.78 is 5.41. The standard InChI is InChI=1S/C23H40N4O2.HI/c1-4-11-23(28,12-5-2)19-26-22(24-6-3)25-17-20-7-9-21(10-8-20)18-27-13-15-29-16-14-27;/h7-10,28H,4-6,11-19H2,1-3H3,(H2,24,25,26);1H. The van der Waals surface area contributed by atoms with Gasteiger partial charge < -0.3 is 20.5 Å². The second kappa shape index (κ2) is 15.0. The Morgan fingerprint density at radius 3 is 2.20 bits per heavy atom. The van der Waals surface area contributed by atoms with Crippen molar-refractivity contribution in [2.45, 2.75) is 65.1 Å². The lowest BCUT2D eigenvalue weighted by atomic mass is 9.93. The molecule has 172 valence electrons. The number of nitrogens with one attached hydrogen (secondary N) is 2. The first kappa shape index (κ1) is 27.1. The second-order valence-corrected chi connectivity index (χ2v) is 7.98. The third-order valence-corrected chi connectivity index (χ3v) is 5.31. The molecule has 0 aromatic heterocycles. The molecule has 1 aromatic carbocycles. The van der Waals surface area contributed by atoms with E-state index < -0.39 is 5.60 Å². The fourth-order valence-corrected chi connectivity index (χ4v) is 3.76. The Hall–Kier alpha value is -0.900. The maximum Gasteiger partial charge on any atom is 0.191 e. The SMILES string of the molecule is CCCC(O)(CCC)CNC(=NCc1ccc(CN2CCOCC2)cc1)NCC.I. The van der Waals surface area contributed by atoms with E-state index in [9.17, 15) is 5.11 Å². The van der Waals surface area contributed by atoms with Crippen molar-refractivity contribution in [1.29, 1.82) is 0 Å². The van der Waals surface area contributed by atoms with Crippen molar-refractivity contribution >= 4 is 29.9 Å². The maximum atomic E-state index is 10.8. The van der Waals surface area contributed by atoms with Crippen LogP contribution in [0.5, 0.6) is 0 Å². The van der Waals surface area contributed by atoms with Gasteiger partial charge in [0.05, 0.1) is 25.4 Å². The van der Waals surface area contributed by atoms with Crippen LogP contribution in [0.1, 0.15) is 57.6 Å². The molecule has 7 heteroatoms. The van der Waals surface area contributed by atoms with E-state index in [1.165, 1.54) is 11.1 Å². The number of morpholine rings is 1. The molecule has 0 amide bonds. The van der Waals surface area contributed by atoms with E-state index in [4.69, 9.17) is 9.73 Å². The van der Waals surface area contributed by atoms with Crippen molar-refractivity contribution < 1.29 is 9.84 Å². The van der Waals surface area contributed by atoms with Crippen molar-refractivity contribution in [3.63, 3.8) is 0 Å². The van der Waals surface area contributed by atoms with Crippen LogP contribution >= 0.6 is 24.0 Å². The predicted octanol–water partition coefficient (Wildman–Crippen LogP) is 3.52. The predicted molar refractivity (Wildman–Crippen MR) is 136 cm³/mol. The minimum absolute atomic E-state index is 0. The number of rotatable bonds is 11. The molecule has 30 heavy (non-hydrogen) atoms. The van der Waals surface area contributed by atoms with Crippen molar-refractivity contribution in [3.8, 4) is 0 Å². The largest absolute Gasteiger partial charge is 0.388 e. The van der Waals surface area contributed by atoms with E-state index in [-0.39, 0.29) is 24.0 Å². The van der Waals surface area contributed by atoms with Gasteiger partial charge in [0.25, 0.3) is 0 Å². The summed E-state index contributed by atoms with van der Waals surface area (Å²) in [5.41, 5.74) is 1.85. The average Bonchev–Trinajstić information content (AvgIpc) is 2.72. The summed E-state index contributed by atoms with van der Waals surface area (Å²) >= 11 is 0. The fraction of sp³-hybridized carbons (Fsp3) is 0.696. The number of aliphatic hydroxyl groups is 1. The molecule has 3 N–H and O–H groups in total. The number of ether oxygens (including phenoxy) is 1. The van der Waals surface area contributed by atoms with Gasteiger partial charge in [-0.05, 0) is 30.9 Å². The smallest absolute Gasteiger partial charge is 0.191 e. The number of benzene rings is 1. The van der Waals surface area contributed by atoms with E-state index in [1.54, 1.807) is 0 Å². The lowest BCUT2D eigenvalue weighted by Crippen LogP contribution is -2.47. The summed E-state index contributed by atoms with van der Waals surface area (Å²) in [6.07, 6.45) is 3.56. The number of hydrogen-bond acceptors (Lipinski definition) is 4. The molecule has 0 aliphatic carbocycles. The Bertz CT molecular complexity index is 598. The third-order valence-electron chi connectivity index (χ3n) is 5.31. The van der Waals surface area contributed by atoms with Crippen LogP contribution in [0.15, 0.2) is 29.3 Å². The zero-order valence-corrected chi connectivity index (χ0v) is 21.3. The quantitative estimate of drug-likeness (QED) is 0.231. The number of nitrogens with zero attached hydrogens (tertiary/aromatic N) is 2. The fourth-order valence-electron chi connectivity index (χ4n) is 3.76. The molecule has 6 nitrogen and oxygen atoms in total. The Labute approximate surface area is 199 Å². The number of halogens is 1. The normalized spacial score (nSPS) is 15.5. The van der Waals surface area contributed by atoms with E-state index in [0.717, 1.165) is 71.0 Å². The van der Waals surface area contributed by atoms with E-state index in [2.05, 4.69) is 60.6 Å². The minimum Gasteiger partial charge on any atom is -0.388 e. The Morgan fingerprint density at radius 2 is 1.63 bits per heavy atom. The molecule has 0 radical (unpaired) electrons. The van der Waals surface area contributed by atoms with Crippen LogP contribution < -0.4 is 10.6 Å². The molecule has 0 bridgehead atoms. The van der Waals surface area contributed by atoms with Crippen LogP contribution in [0.25, 0.3) is 0 Å². The topological polar surface area (TPSA) is 69.1 Å². The molecule has 0 saturated carbocycles. The molecule has 1 saturated heterocycles. The van der Waals surface area contributed by atoms with Gasteiger partial charge in [-0.2, -0.15) is 0 Å². The summed E-state index contributed by atoms with van der Waals surface area (Å²) in [6.45, 7) is 12.9. The van der Waals surface area contributed by atoms with Gasteiger partial charge in [-0.15, -0.1) is 24.0 Å². The molecule has 2 rings (SSSR count). The van der Waals surface area contributed by atoms with Gasteiger partial charge in [0.1, 0.15) is 0 Å². The zero-order chi connectivity index (χ0) is 21.0. The van der Waals surface area contributed by atoms with Gasteiger partial charge in [-0.1, -0.05) is 51.0 Å². The van der Waals surface area contributed by atoms with Crippen LogP contribution in [0.2, 0.25) is 0 Å². The lowest BCUT2D eigenvalue weighted by molar-refractivity contribution is 0.0257. The molecule has 1 aliphatic rings. The van der Waals surface area contributed by atoms with Crippen LogP contribution in [0, 0.1) is 0 Å². The maximum absolute atomic E-state index is 10.8. The monoisotopic (exact) mass is 532 g/mol. The molecule has 1 fully saturated rings. The van der Waals surface area contributed by atoms with Gasteiger partial charge in [0.2, 0.25) is 0 Å². The summed E-state index contributed by atoms with van der Waals surface area (Å²) in [5.74, 6) is 0.760.